The highest BCUT2D eigenvalue weighted by atomic mass is 32.1. The number of hydrogen-bond acceptors (Lipinski definition) is 6. The van der Waals surface area contributed by atoms with E-state index < -0.39 is 0 Å². The van der Waals surface area contributed by atoms with E-state index in [-0.39, 0.29) is 16.4 Å². The van der Waals surface area contributed by atoms with Crippen molar-refractivity contribution in [2.24, 2.45) is 16.3 Å². The predicted octanol–water partition coefficient (Wildman–Crippen LogP) is 1.16. The molecule has 0 saturated carbocycles. The van der Waals surface area contributed by atoms with E-state index in [2.05, 4.69) is 34.6 Å². The maximum Gasteiger partial charge on any atom is 0.287 e. The van der Waals surface area contributed by atoms with Gasteiger partial charge in [0.1, 0.15) is 5.76 Å². The fourth-order valence-electron chi connectivity index (χ4n) is 3.78. The highest BCUT2D eigenvalue weighted by molar-refractivity contribution is 7.80. The van der Waals surface area contributed by atoms with Crippen molar-refractivity contribution in [3.05, 3.63) is 22.6 Å². The van der Waals surface area contributed by atoms with Gasteiger partial charge in [0.15, 0.2) is 10.9 Å². The third-order valence-electron chi connectivity index (χ3n) is 5.12. The van der Waals surface area contributed by atoms with Crippen LogP contribution in [-0.4, -0.2) is 61.0 Å². The molecule has 9 heteroatoms. The molecule has 0 aromatic carbocycles. The Hall–Kier alpha value is -1.97. The van der Waals surface area contributed by atoms with Gasteiger partial charge < -0.3 is 20.2 Å². The summed E-state index contributed by atoms with van der Waals surface area (Å²) < 4.78 is 11.3. The highest BCUT2D eigenvalue weighted by Crippen LogP contribution is 2.38. The van der Waals surface area contributed by atoms with Crippen LogP contribution in [0.25, 0.3) is 0 Å². The Morgan fingerprint density at radius 2 is 2.04 bits per heavy atom. The van der Waals surface area contributed by atoms with Gasteiger partial charge in [-0.15, -0.1) is 0 Å². The molecule has 3 rings (SSSR count). The van der Waals surface area contributed by atoms with E-state index in [1.165, 1.54) is 0 Å². The first-order valence-corrected chi connectivity index (χ1v) is 10.0. The van der Waals surface area contributed by atoms with Crippen molar-refractivity contribution < 1.29 is 13.9 Å². The number of fused-ring (bicyclic) bond motifs is 1. The van der Waals surface area contributed by atoms with Crippen LogP contribution in [0.15, 0.2) is 9.52 Å². The average Bonchev–Trinajstić information content (AvgIpc) is 2.95. The molecule has 1 saturated heterocycles. The number of hydrazone groups is 1. The molecule has 0 atom stereocenters. The molecule has 1 aromatic heterocycles. The summed E-state index contributed by atoms with van der Waals surface area (Å²) in [6.45, 7) is 10.8. The summed E-state index contributed by atoms with van der Waals surface area (Å²) in [5, 5.41) is 7.45. The molecule has 1 aliphatic carbocycles. The summed E-state index contributed by atoms with van der Waals surface area (Å²) in [7, 11) is 0. The van der Waals surface area contributed by atoms with Crippen molar-refractivity contribution in [1.82, 2.24) is 15.6 Å². The van der Waals surface area contributed by atoms with Crippen LogP contribution in [-0.2, 0) is 11.2 Å². The highest BCUT2D eigenvalue weighted by Gasteiger charge is 2.36. The molecule has 0 radical (unpaired) electrons. The number of rotatable bonds is 5. The van der Waals surface area contributed by atoms with Gasteiger partial charge in [0, 0.05) is 43.7 Å². The second-order valence-corrected chi connectivity index (χ2v) is 8.56. The first kappa shape index (κ1) is 20.8. The fourth-order valence-corrected chi connectivity index (χ4v) is 3.83. The lowest BCUT2D eigenvalue weighted by Gasteiger charge is -2.29. The molecule has 0 bridgehead atoms. The molecular formula is C19H29N5O3S. The summed E-state index contributed by atoms with van der Waals surface area (Å²) in [5.41, 5.74) is 10.7. The van der Waals surface area contributed by atoms with Gasteiger partial charge in [-0.2, -0.15) is 5.10 Å². The number of nitrogens with one attached hydrogen (secondary N) is 2. The number of carbonyl (C=O) groups excluding carboxylic acids is 1. The predicted molar refractivity (Wildman–Crippen MR) is 112 cm³/mol. The number of carbonyl (C=O) groups is 1. The molecule has 4 N–H and O–H groups in total. The number of thiocarbonyl (C=S) groups is 1. The summed E-state index contributed by atoms with van der Waals surface area (Å²) >= 11 is 4.86. The van der Waals surface area contributed by atoms with E-state index in [0.717, 1.165) is 68.3 Å². The Morgan fingerprint density at radius 1 is 1.32 bits per heavy atom. The van der Waals surface area contributed by atoms with Crippen LogP contribution in [0.5, 0.6) is 0 Å². The minimum Gasteiger partial charge on any atom is -0.455 e. The van der Waals surface area contributed by atoms with Gasteiger partial charge in [-0.1, -0.05) is 13.8 Å². The average molecular weight is 408 g/mol. The number of morpholine rings is 1. The molecule has 0 unspecified atom stereocenters. The molecule has 2 heterocycles. The number of furan rings is 1. The molecule has 1 fully saturated rings. The lowest BCUT2D eigenvalue weighted by molar-refractivity contribution is 0.0382. The Kier molecular flexibility index (Phi) is 6.36. The van der Waals surface area contributed by atoms with Crippen LogP contribution in [0.1, 0.15) is 47.7 Å². The summed E-state index contributed by atoms with van der Waals surface area (Å²) in [6.07, 6.45) is 1.49. The maximum atomic E-state index is 12.7. The zero-order valence-corrected chi connectivity index (χ0v) is 17.6. The smallest absolute Gasteiger partial charge is 0.287 e. The van der Waals surface area contributed by atoms with Gasteiger partial charge in [0.2, 0.25) is 0 Å². The minimum absolute atomic E-state index is 0.0297. The third-order valence-corrected chi connectivity index (χ3v) is 5.21. The van der Waals surface area contributed by atoms with Gasteiger partial charge >= 0.3 is 0 Å². The number of nitrogens with zero attached hydrogens (tertiary/aromatic N) is 2. The summed E-state index contributed by atoms with van der Waals surface area (Å²) in [6, 6.07) is 0. The lowest BCUT2D eigenvalue weighted by Crippen LogP contribution is -2.41. The van der Waals surface area contributed by atoms with Crippen LogP contribution >= 0.6 is 12.2 Å². The zero-order chi connectivity index (χ0) is 20.3. The number of hydrogen-bond donors (Lipinski definition) is 3. The first-order valence-electron chi connectivity index (χ1n) is 9.60. The molecule has 1 amide bonds. The SMILES string of the molecule is Cc1c(C(=O)NCCN2CCOCC2)oc2c1/C(=N\NC(N)=S)CC(C)(C)C2. The third kappa shape index (κ3) is 4.89. The van der Waals surface area contributed by atoms with Crippen molar-refractivity contribution in [3.8, 4) is 0 Å². The van der Waals surface area contributed by atoms with Crippen LogP contribution in [0.3, 0.4) is 0 Å². The largest absolute Gasteiger partial charge is 0.455 e. The Morgan fingerprint density at radius 3 is 2.71 bits per heavy atom. The Balaban J connectivity index is 1.73. The number of ether oxygens (including phenoxy) is 1. The van der Waals surface area contributed by atoms with Gasteiger partial charge in [-0.3, -0.25) is 15.1 Å². The van der Waals surface area contributed by atoms with Gasteiger partial charge in [0.05, 0.1) is 18.9 Å². The summed E-state index contributed by atoms with van der Waals surface area (Å²) in [4.78, 5) is 15.0. The first-order chi connectivity index (χ1) is 13.3. The van der Waals surface area contributed by atoms with Crippen LogP contribution in [0.2, 0.25) is 0 Å². The Bertz CT molecular complexity index is 781. The van der Waals surface area contributed by atoms with Crippen molar-refractivity contribution in [1.29, 1.82) is 0 Å². The van der Waals surface area contributed by atoms with Gasteiger partial charge in [-0.05, 0) is 31.0 Å². The molecule has 1 aromatic rings. The van der Waals surface area contributed by atoms with Gasteiger partial charge in [-0.25, -0.2) is 0 Å². The van der Waals surface area contributed by atoms with E-state index in [4.69, 9.17) is 27.1 Å². The normalized spacial score (nSPS) is 20.6. The minimum atomic E-state index is -0.195. The van der Waals surface area contributed by atoms with Crippen molar-refractivity contribution in [2.45, 2.75) is 33.6 Å². The van der Waals surface area contributed by atoms with E-state index in [9.17, 15) is 4.79 Å². The van der Waals surface area contributed by atoms with Crippen molar-refractivity contribution in [3.63, 3.8) is 0 Å². The molecule has 28 heavy (non-hydrogen) atoms. The topological polar surface area (TPSA) is 105 Å². The molecule has 154 valence electrons. The summed E-state index contributed by atoms with van der Waals surface area (Å²) in [5.74, 6) is 0.947. The fraction of sp³-hybridized carbons (Fsp3) is 0.632. The molecule has 2 aliphatic rings. The second-order valence-electron chi connectivity index (χ2n) is 8.12. The van der Waals surface area contributed by atoms with E-state index in [1.54, 1.807) is 0 Å². The Labute approximate surface area is 170 Å². The quantitative estimate of drug-likeness (QED) is 0.497. The second kappa shape index (κ2) is 8.59. The molecule has 0 spiro atoms. The van der Waals surface area contributed by atoms with E-state index >= 15 is 0 Å². The van der Waals surface area contributed by atoms with Crippen molar-refractivity contribution >= 4 is 28.9 Å². The zero-order valence-electron chi connectivity index (χ0n) is 16.8. The number of nitrogens with two attached hydrogens (primary N) is 1. The number of amides is 1. The maximum absolute atomic E-state index is 12.7. The van der Waals surface area contributed by atoms with E-state index in [0.29, 0.717) is 12.3 Å². The monoisotopic (exact) mass is 407 g/mol. The van der Waals surface area contributed by atoms with Gasteiger partial charge in [0.25, 0.3) is 5.91 Å². The van der Waals surface area contributed by atoms with Crippen LogP contribution < -0.4 is 16.5 Å². The van der Waals surface area contributed by atoms with E-state index in [1.807, 2.05) is 6.92 Å². The molecule has 8 nitrogen and oxygen atoms in total. The standard InChI is InChI=1S/C19H29N5O3S/c1-12-15-13(22-23-18(20)28)10-19(2,3)11-14(15)27-16(12)17(25)21-4-5-24-6-8-26-9-7-24/h4-11H2,1-3H3,(H,21,25)(H3,20,23,28)/b22-13-. The molecule has 1 aliphatic heterocycles. The van der Waals surface area contributed by atoms with Crippen molar-refractivity contribution in [2.75, 3.05) is 39.4 Å². The lowest BCUT2D eigenvalue weighted by atomic mass is 9.75. The van der Waals surface area contributed by atoms with Crippen LogP contribution in [0.4, 0.5) is 0 Å². The molecular weight excluding hydrogens is 378 g/mol. The van der Waals surface area contributed by atoms with Crippen LogP contribution in [0, 0.1) is 12.3 Å².